The Morgan fingerprint density at radius 1 is 1.28 bits per heavy atom. The zero-order valence-electron chi connectivity index (χ0n) is 12.2. The Bertz CT molecular complexity index is 231. The summed E-state index contributed by atoms with van der Waals surface area (Å²) < 4.78 is 5.70. The van der Waals surface area contributed by atoms with Crippen LogP contribution in [0.25, 0.3) is 0 Å². The van der Waals surface area contributed by atoms with Gasteiger partial charge in [0, 0.05) is 32.3 Å². The number of hydrogen-bond acceptors (Lipinski definition) is 3. The highest BCUT2D eigenvalue weighted by atomic mass is 16.5. The zero-order valence-corrected chi connectivity index (χ0v) is 12.2. The first-order valence-corrected chi connectivity index (χ1v) is 7.83. The Morgan fingerprint density at radius 3 is 2.78 bits per heavy atom. The lowest BCUT2D eigenvalue weighted by Crippen LogP contribution is -2.48. The molecule has 2 rings (SSSR count). The molecule has 2 fully saturated rings. The molecule has 1 saturated carbocycles. The van der Waals surface area contributed by atoms with E-state index in [1.165, 1.54) is 45.3 Å². The average molecular weight is 254 g/mol. The fourth-order valence-corrected chi connectivity index (χ4v) is 2.93. The van der Waals surface area contributed by atoms with Crippen LogP contribution in [0.1, 0.15) is 39.5 Å². The average Bonchev–Trinajstić information content (AvgIpc) is 3.16. The Morgan fingerprint density at radius 2 is 2.11 bits per heavy atom. The van der Waals surface area contributed by atoms with Gasteiger partial charge in [-0.15, -0.1) is 0 Å². The minimum Gasteiger partial charge on any atom is -0.381 e. The topological polar surface area (TPSA) is 24.5 Å². The van der Waals surface area contributed by atoms with Gasteiger partial charge < -0.3 is 15.0 Å². The smallest absolute Gasteiger partial charge is 0.0494 e. The summed E-state index contributed by atoms with van der Waals surface area (Å²) in [5.74, 6) is 1.69. The van der Waals surface area contributed by atoms with Crippen molar-refractivity contribution in [3.63, 3.8) is 0 Å². The molecule has 2 aliphatic rings. The third-order valence-corrected chi connectivity index (χ3v) is 4.27. The normalized spacial score (nSPS) is 29.7. The molecule has 0 bridgehead atoms. The van der Waals surface area contributed by atoms with Crippen LogP contribution in [-0.4, -0.2) is 50.3 Å². The summed E-state index contributed by atoms with van der Waals surface area (Å²) in [7, 11) is 0. The standard InChI is InChI=1S/C15H30N2O/c1-3-16-15-7-9-17(11-13(15)2)8-4-10-18-12-14-5-6-14/h13-16H,3-12H2,1-2H3. The van der Waals surface area contributed by atoms with Gasteiger partial charge in [0.1, 0.15) is 0 Å². The number of nitrogens with zero attached hydrogens (tertiary/aromatic N) is 1. The van der Waals surface area contributed by atoms with Crippen LogP contribution in [0.2, 0.25) is 0 Å². The van der Waals surface area contributed by atoms with E-state index in [0.29, 0.717) is 0 Å². The second-order valence-corrected chi connectivity index (χ2v) is 6.10. The molecule has 1 aliphatic carbocycles. The van der Waals surface area contributed by atoms with Crippen LogP contribution in [-0.2, 0) is 4.74 Å². The van der Waals surface area contributed by atoms with Crippen molar-refractivity contribution >= 4 is 0 Å². The second-order valence-electron chi connectivity index (χ2n) is 6.10. The SMILES string of the molecule is CCNC1CCN(CCCOCC2CC2)CC1C. The third kappa shape index (κ3) is 4.87. The number of nitrogens with one attached hydrogen (secondary N) is 1. The van der Waals surface area contributed by atoms with E-state index >= 15 is 0 Å². The van der Waals surface area contributed by atoms with E-state index in [2.05, 4.69) is 24.1 Å². The first-order valence-electron chi connectivity index (χ1n) is 7.83. The van der Waals surface area contributed by atoms with Crippen molar-refractivity contribution in [3.8, 4) is 0 Å². The molecular formula is C15H30N2O. The summed E-state index contributed by atoms with van der Waals surface area (Å²) in [6, 6.07) is 0.734. The van der Waals surface area contributed by atoms with Gasteiger partial charge in [0.15, 0.2) is 0 Å². The Hall–Kier alpha value is -0.120. The highest BCUT2D eigenvalue weighted by molar-refractivity contribution is 4.82. The van der Waals surface area contributed by atoms with Crippen LogP contribution >= 0.6 is 0 Å². The summed E-state index contributed by atoms with van der Waals surface area (Å²) in [6.07, 6.45) is 5.30. The van der Waals surface area contributed by atoms with Crippen molar-refractivity contribution < 1.29 is 4.74 Å². The second kappa shape index (κ2) is 7.46. The number of hydrogen-bond donors (Lipinski definition) is 1. The zero-order chi connectivity index (χ0) is 12.8. The van der Waals surface area contributed by atoms with Gasteiger partial charge in [-0.1, -0.05) is 13.8 Å². The molecule has 0 aromatic heterocycles. The van der Waals surface area contributed by atoms with Crippen LogP contribution in [0.15, 0.2) is 0 Å². The highest BCUT2D eigenvalue weighted by Gasteiger charge is 2.25. The molecule has 1 aliphatic heterocycles. The monoisotopic (exact) mass is 254 g/mol. The Balaban J connectivity index is 1.51. The van der Waals surface area contributed by atoms with E-state index in [4.69, 9.17) is 4.74 Å². The minimum atomic E-state index is 0.734. The molecule has 0 aromatic carbocycles. The van der Waals surface area contributed by atoms with E-state index in [0.717, 1.165) is 37.6 Å². The third-order valence-electron chi connectivity index (χ3n) is 4.27. The number of ether oxygens (including phenoxy) is 1. The first kappa shape index (κ1) is 14.3. The minimum absolute atomic E-state index is 0.734. The van der Waals surface area contributed by atoms with Crippen LogP contribution in [0.5, 0.6) is 0 Å². The number of likely N-dealkylation sites (tertiary alicyclic amines) is 1. The van der Waals surface area contributed by atoms with Gasteiger partial charge in [-0.3, -0.25) is 0 Å². The van der Waals surface area contributed by atoms with E-state index in [9.17, 15) is 0 Å². The van der Waals surface area contributed by atoms with Gasteiger partial charge in [-0.05, 0) is 50.6 Å². The van der Waals surface area contributed by atoms with E-state index in [-0.39, 0.29) is 0 Å². The van der Waals surface area contributed by atoms with Crippen molar-refractivity contribution in [2.45, 2.75) is 45.6 Å². The molecule has 0 radical (unpaired) electrons. The van der Waals surface area contributed by atoms with Crippen molar-refractivity contribution in [1.82, 2.24) is 10.2 Å². The van der Waals surface area contributed by atoms with Crippen molar-refractivity contribution in [2.24, 2.45) is 11.8 Å². The number of rotatable bonds is 8. The van der Waals surface area contributed by atoms with Crippen LogP contribution < -0.4 is 5.32 Å². The summed E-state index contributed by atoms with van der Waals surface area (Å²) >= 11 is 0. The highest BCUT2D eigenvalue weighted by Crippen LogP contribution is 2.28. The predicted molar refractivity (Wildman–Crippen MR) is 75.8 cm³/mol. The molecule has 106 valence electrons. The molecule has 1 N–H and O–H groups in total. The Kier molecular flexibility index (Phi) is 5.93. The molecule has 0 spiro atoms. The molecule has 18 heavy (non-hydrogen) atoms. The first-order chi connectivity index (χ1) is 8.79. The van der Waals surface area contributed by atoms with Gasteiger partial charge in [-0.25, -0.2) is 0 Å². The lowest BCUT2D eigenvalue weighted by Gasteiger charge is -2.37. The summed E-state index contributed by atoms with van der Waals surface area (Å²) in [5, 5.41) is 3.60. The number of piperidine rings is 1. The summed E-state index contributed by atoms with van der Waals surface area (Å²) in [6.45, 7) is 11.4. The molecule has 0 amide bonds. The van der Waals surface area contributed by atoms with Crippen LogP contribution in [0, 0.1) is 11.8 Å². The van der Waals surface area contributed by atoms with Crippen molar-refractivity contribution in [1.29, 1.82) is 0 Å². The largest absolute Gasteiger partial charge is 0.381 e. The molecule has 0 aromatic rings. The fourth-order valence-electron chi connectivity index (χ4n) is 2.93. The van der Waals surface area contributed by atoms with Crippen molar-refractivity contribution in [3.05, 3.63) is 0 Å². The molecule has 1 saturated heterocycles. The maximum absolute atomic E-state index is 5.70. The van der Waals surface area contributed by atoms with Gasteiger partial charge in [-0.2, -0.15) is 0 Å². The summed E-state index contributed by atoms with van der Waals surface area (Å²) in [4.78, 5) is 2.61. The van der Waals surface area contributed by atoms with E-state index in [1.54, 1.807) is 0 Å². The lowest BCUT2D eigenvalue weighted by atomic mass is 9.94. The lowest BCUT2D eigenvalue weighted by molar-refractivity contribution is 0.0974. The molecule has 3 heteroatoms. The van der Waals surface area contributed by atoms with E-state index < -0.39 is 0 Å². The predicted octanol–water partition coefficient (Wildman–Crippen LogP) is 2.12. The molecule has 2 atom stereocenters. The maximum atomic E-state index is 5.70. The molecule has 2 unspecified atom stereocenters. The summed E-state index contributed by atoms with van der Waals surface area (Å²) in [5.41, 5.74) is 0. The van der Waals surface area contributed by atoms with Gasteiger partial charge in [0.2, 0.25) is 0 Å². The molecule has 3 nitrogen and oxygen atoms in total. The van der Waals surface area contributed by atoms with Gasteiger partial charge >= 0.3 is 0 Å². The van der Waals surface area contributed by atoms with Gasteiger partial charge in [0.05, 0.1) is 0 Å². The maximum Gasteiger partial charge on any atom is 0.0494 e. The fraction of sp³-hybridized carbons (Fsp3) is 1.00. The quantitative estimate of drug-likeness (QED) is 0.672. The van der Waals surface area contributed by atoms with Gasteiger partial charge in [0.25, 0.3) is 0 Å². The molecule has 1 heterocycles. The van der Waals surface area contributed by atoms with E-state index in [1.807, 2.05) is 0 Å². The van der Waals surface area contributed by atoms with Crippen LogP contribution in [0.4, 0.5) is 0 Å². The Labute approximate surface area is 112 Å². The molecular weight excluding hydrogens is 224 g/mol. The van der Waals surface area contributed by atoms with Crippen LogP contribution in [0.3, 0.4) is 0 Å². The van der Waals surface area contributed by atoms with Crippen molar-refractivity contribution in [2.75, 3.05) is 39.4 Å².